The van der Waals surface area contributed by atoms with Crippen LogP contribution in [0.15, 0.2) is 0 Å². The van der Waals surface area contributed by atoms with E-state index in [9.17, 15) is 19.4 Å². The summed E-state index contributed by atoms with van der Waals surface area (Å²) in [6, 6.07) is -0.787. The molecule has 0 aliphatic heterocycles. The van der Waals surface area contributed by atoms with E-state index in [4.69, 9.17) is 9.05 Å². The smallest absolute Gasteiger partial charge is 0.268 e. The molecule has 0 fully saturated rings. The summed E-state index contributed by atoms with van der Waals surface area (Å²) in [5.41, 5.74) is 0. The molecule has 0 rings (SSSR count). The minimum Gasteiger partial charge on any atom is -0.756 e. The van der Waals surface area contributed by atoms with Crippen molar-refractivity contribution in [3.8, 4) is 0 Å². The van der Waals surface area contributed by atoms with Crippen molar-refractivity contribution >= 4 is 13.7 Å². The molecule has 0 bridgehead atoms. The van der Waals surface area contributed by atoms with Crippen LogP contribution in [0.3, 0.4) is 0 Å². The predicted molar refractivity (Wildman–Crippen MR) is 155 cm³/mol. The summed E-state index contributed by atoms with van der Waals surface area (Å²) in [6.45, 7) is 4.61. The van der Waals surface area contributed by atoms with Crippen LogP contribution in [0.1, 0.15) is 129 Å². The number of aliphatic hydroxyl groups excluding tert-OH is 1. The Morgan fingerprint density at radius 3 is 1.79 bits per heavy atom. The van der Waals surface area contributed by atoms with Crippen LogP contribution in [0.2, 0.25) is 0 Å². The summed E-state index contributed by atoms with van der Waals surface area (Å²) in [5.74, 6) is -0.174. The van der Waals surface area contributed by atoms with Crippen LogP contribution >= 0.6 is 7.82 Å². The van der Waals surface area contributed by atoms with Gasteiger partial charge in [-0.05, 0) is 12.8 Å². The van der Waals surface area contributed by atoms with Crippen molar-refractivity contribution in [3.05, 3.63) is 0 Å². The Bertz CT molecular complexity index is 614. The number of quaternary nitrogens is 1. The number of unbranched alkanes of at least 4 members (excludes halogenated alkanes) is 14. The van der Waals surface area contributed by atoms with Crippen LogP contribution in [-0.2, 0) is 18.4 Å². The second kappa shape index (κ2) is 23.2. The van der Waals surface area contributed by atoms with Crippen LogP contribution in [0, 0.1) is 0 Å². The van der Waals surface area contributed by atoms with E-state index >= 15 is 0 Å². The first-order chi connectivity index (χ1) is 18.0. The Morgan fingerprint density at radius 1 is 0.816 bits per heavy atom. The van der Waals surface area contributed by atoms with Crippen molar-refractivity contribution in [1.29, 1.82) is 0 Å². The minimum absolute atomic E-state index is 0.0144. The average molecular weight is 565 g/mol. The molecule has 0 aromatic carbocycles. The van der Waals surface area contributed by atoms with Gasteiger partial charge in [-0.3, -0.25) is 9.36 Å². The minimum atomic E-state index is -4.53. The van der Waals surface area contributed by atoms with E-state index in [-0.39, 0.29) is 19.1 Å². The fraction of sp³-hybridized carbons (Fsp3) is 0.966. The van der Waals surface area contributed by atoms with Crippen molar-refractivity contribution in [2.75, 3.05) is 40.9 Å². The summed E-state index contributed by atoms with van der Waals surface area (Å²) < 4.78 is 22.9. The largest absolute Gasteiger partial charge is 0.756 e. The number of carbonyl (C=O) groups excluding carboxylic acids is 1. The van der Waals surface area contributed by atoms with E-state index in [2.05, 4.69) is 19.2 Å². The summed E-state index contributed by atoms with van der Waals surface area (Å²) >= 11 is 0. The number of amides is 1. The lowest BCUT2D eigenvalue weighted by Crippen LogP contribution is -2.46. The van der Waals surface area contributed by atoms with Gasteiger partial charge in [-0.2, -0.15) is 0 Å². The number of phosphoric acid groups is 1. The number of likely N-dealkylation sites (N-methyl/N-ethyl adjacent to an activating group) is 1. The van der Waals surface area contributed by atoms with Crippen LogP contribution in [0.25, 0.3) is 0 Å². The molecular weight excluding hydrogens is 503 g/mol. The number of phosphoric ester groups is 1. The summed E-state index contributed by atoms with van der Waals surface area (Å²) in [7, 11) is 1.30. The van der Waals surface area contributed by atoms with E-state index < -0.39 is 20.0 Å². The molecular formula is C29H61N2O6P. The maximum atomic E-state index is 12.6. The molecule has 1 amide bonds. The van der Waals surface area contributed by atoms with Crippen LogP contribution in [-0.4, -0.2) is 68.5 Å². The highest BCUT2D eigenvalue weighted by atomic mass is 31.2. The highest BCUT2D eigenvalue weighted by Gasteiger charge is 2.24. The predicted octanol–water partition coefficient (Wildman–Crippen LogP) is 6.10. The molecule has 228 valence electrons. The molecule has 0 saturated carbocycles. The number of hydrogen-bond donors (Lipinski definition) is 2. The maximum absolute atomic E-state index is 12.6. The molecule has 2 N–H and O–H groups in total. The van der Waals surface area contributed by atoms with Crippen molar-refractivity contribution in [2.24, 2.45) is 0 Å². The third-order valence-electron chi connectivity index (χ3n) is 6.85. The van der Waals surface area contributed by atoms with Crippen molar-refractivity contribution in [3.63, 3.8) is 0 Å². The lowest BCUT2D eigenvalue weighted by molar-refractivity contribution is -0.870. The molecule has 0 saturated heterocycles. The number of hydrogen-bond acceptors (Lipinski definition) is 6. The Balaban J connectivity index is 4.58. The van der Waals surface area contributed by atoms with E-state index in [0.29, 0.717) is 23.9 Å². The summed E-state index contributed by atoms with van der Waals surface area (Å²) in [6.07, 6.45) is 18.3. The molecule has 0 aromatic heterocycles. The quantitative estimate of drug-likeness (QED) is 0.0709. The number of rotatable bonds is 27. The number of aliphatic hydroxyl groups is 1. The Kier molecular flexibility index (Phi) is 22.9. The van der Waals surface area contributed by atoms with Gasteiger partial charge in [0.25, 0.3) is 7.82 Å². The molecule has 0 radical (unpaired) electrons. The second-order valence-electron chi connectivity index (χ2n) is 11.8. The molecule has 0 spiro atoms. The zero-order valence-corrected chi connectivity index (χ0v) is 26.3. The maximum Gasteiger partial charge on any atom is 0.268 e. The first kappa shape index (κ1) is 37.5. The molecule has 0 aliphatic carbocycles. The van der Waals surface area contributed by atoms with Crippen LogP contribution in [0.4, 0.5) is 0 Å². The third-order valence-corrected chi connectivity index (χ3v) is 7.81. The second-order valence-corrected chi connectivity index (χ2v) is 13.2. The molecule has 3 atom stereocenters. The molecule has 0 aliphatic rings. The molecule has 0 heterocycles. The van der Waals surface area contributed by atoms with Gasteiger partial charge in [-0.25, -0.2) is 0 Å². The van der Waals surface area contributed by atoms with E-state index in [0.717, 1.165) is 38.5 Å². The molecule has 8 nitrogen and oxygen atoms in total. The van der Waals surface area contributed by atoms with Gasteiger partial charge in [-0.1, -0.05) is 110 Å². The topological polar surface area (TPSA) is 108 Å². The highest BCUT2D eigenvalue weighted by Crippen LogP contribution is 2.38. The van der Waals surface area contributed by atoms with Gasteiger partial charge in [0.15, 0.2) is 0 Å². The van der Waals surface area contributed by atoms with E-state index in [1.165, 1.54) is 64.2 Å². The Morgan fingerprint density at radius 2 is 1.29 bits per heavy atom. The van der Waals surface area contributed by atoms with Crippen LogP contribution < -0.4 is 10.2 Å². The van der Waals surface area contributed by atoms with Crippen LogP contribution in [0.5, 0.6) is 0 Å². The number of nitrogens with one attached hydrogen (secondary N) is 1. The van der Waals surface area contributed by atoms with Gasteiger partial charge in [0, 0.05) is 6.42 Å². The monoisotopic (exact) mass is 564 g/mol. The van der Waals surface area contributed by atoms with Gasteiger partial charge >= 0.3 is 0 Å². The van der Waals surface area contributed by atoms with E-state index in [1.54, 1.807) is 0 Å². The van der Waals surface area contributed by atoms with Gasteiger partial charge in [-0.15, -0.1) is 0 Å². The van der Waals surface area contributed by atoms with Gasteiger partial charge in [0.2, 0.25) is 5.91 Å². The lowest BCUT2D eigenvalue weighted by atomic mass is 10.0. The molecule has 9 heteroatoms. The standard InChI is InChI=1S/C29H61N2O6P/c1-6-8-10-12-14-15-17-19-21-23-29(33)30-27(28(32)22-20-18-16-13-11-9-7-2)26-37-38(34,35)36-25-24-31(3,4)5/h27-28,32H,6-26H2,1-5H3,(H-,30,33,34,35). The van der Waals surface area contributed by atoms with Crippen molar-refractivity contribution in [1.82, 2.24) is 5.32 Å². The van der Waals surface area contributed by atoms with Crippen molar-refractivity contribution in [2.45, 2.75) is 142 Å². The molecule has 0 aromatic rings. The van der Waals surface area contributed by atoms with Gasteiger partial charge in [0.05, 0.1) is 39.9 Å². The molecule has 38 heavy (non-hydrogen) atoms. The zero-order valence-electron chi connectivity index (χ0n) is 25.4. The third kappa shape index (κ3) is 24.5. The van der Waals surface area contributed by atoms with Gasteiger partial charge < -0.3 is 28.8 Å². The van der Waals surface area contributed by atoms with Crippen molar-refractivity contribution < 1.29 is 32.9 Å². The fourth-order valence-electron chi connectivity index (χ4n) is 4.27. The van der Waals surface area contributed by atoms with Gasteiger partial charge in [0.1, 0.15) is 13.2 Å². The average Bonchev–Trinajstić information content (AvgIpc) is 2.84. The normalized spacial score (nSPS) is 15.2. The first-order valence-corrected chi connectivity index (χ1v) is 16.8. The zero-order chi connectivity index (χ0) is 28.7. The Labute approximate surface area is 234 Å². The summed E-state index contributed by atoms with van der Waals surface area (Å²) in [5, 5.41) is 13.6. The first-order valence-electron chi connectivity index (χ1n) is 15.4. The Hall–Kier alpha value is -0.500. The lowest BCUT2D eigenvalue weighted by Gasteiger charge is -2.30. The summed E-state index contributed by atoms with van der Waals surface area (Å²) in [4.78, 5) is 24.8. The highest BCUT2D eigenvalue weighted by molar-refractivity contribution is 7.45. The van der Waals surface area contributed by atoms with E-state index in [1.807, 2.05) is 21.1 Å². The number of nitrogens with zero attached hydrogens (tertiary/aromatic N) is 1. The fourth-order valence-corrected chi connectivity index (χ4v) is 4.99. The SMILES string of the molecule is CCCCCCCCCCCC(=O)NC(COP(=O)([O-])OCC[N+](C)(C)C)C(O)CCCCCCCCC. The molecule has 3 unspecified atom stereocenters. The number of carbonyl (C=O) groups is 1.